The highest BCUT2D eigenvalue weighted by molar-refractivity contribution is 7.99. The molecule has 1 aromatic rings. The normalized spacial score (nSPS) is 20.1. The van der Waals surface area contributed by atoms with Gasteiger partial charge in [-0.05, 0) is 82.9 Å². The fraction of sp³-hybridized carbons (Fsp3) is 0.762. The van der Waals surface area contributed by atoms with Gasteiger partial charge in [-0.2, -0.15) is 11.8 Å². The number of nitrogens with zero attached hydrogens (tertiary/aromatic N) is 4. The number of ketones is 1. The van der Waals surface area contributed by atoms with Gasteiger partial charge in [0, 0.05) is 76.4 Å². The highest BCUT2D eigenvalue weighted by atomic mass is 32.2. The van der Waals surface area contributed by atoms with Crippen LogP contribution in [0.15, 0.2) is 30.3 Å². The monoisotopic (exact) mass is 773 g/mol. The van der Waals surface area contributed by atoms with E-state index in [1.807, 2.05) is 53.6 Å². The number of hydrogen-bond donors (Lipinski definition) is 2. The zero-order valence-electron chi connectivity index (χ0n) is 35.0. The maximum absolute atomic E-state index is 13.6. The minimum Gasteiger partial charge on any atom is -0.379 e. The average molecular weight is 773 g/mol. The van der Waals surface area contributed by atoms with Crippen molar-refractivity contribution in [3.05, 3.63) is 35.9 Å². The average Bonchev–Trinajstić information content (AvgIpc) is 3.60. The lowest BCUT2D eigenvalue weighted by molar-refractivity contribution is -0.140. The molecule has 306 valence electrons. The fourth-order valence-electron chi connectivity index (χ4n) is 8.16. The molecule has 0 aromatic heterocycles. The summed E-state index contributed by atoms with van der Waals surface area (Å²) in [6, 6.07) is 10.1. The second kappa shape index (κ2) is 22.9. The number of methoxy groups -OCH3 is 1. The molecule has 3 amide bonds. The number of likely N-dealkylation sites (tertiary alicyclic amines) is 2. The first-order valence-corrected chi connectivity index (χ1v) is 21.5. The summed E-state index contributed by atoms with van der Waals surface area (Å²) in [5.74, 6) is -0.264. The van der Waals surface area contributed by atoms with Crippen LogP contribution in [-0.2, 0) is 30.5 Å². The molecule has 0 spiro atoms. The topological polar surface area (TPSA) is 115 Å². The van der Waals surface area contributed by atoms with Crippen molar-refractivity contribution < 1.29 is 23.9 Å². The van der Waals surface area contributed by atoms with Crippen LogP contribution in [0.5, 0.6) is 0 Å². The summed E-state index contributed by atoms with van der Waals surface area (Å²) in [5, 5.41) is 6.55. The number of carbonyl (C=O) groups excluding carboxylic acids is 4. The zero-order chi connectivity index (χ0) is 39.9. The lowest BCUT2D eigenvalue weighted by atomic mass is 9.96. The van der Waals surface area contributed by atoms with Gasteiger partial charge in [-0.1, -0.05) is 65.0 Å². The van der Waals surface area contributed by atoms with Crippen molar-refractivity contribution in [3.8, 4) is 0 Å². The highest BCUT2D eigenvalue weighted by Crippen LogP contribution is 2.30. The Morgan fingerprint density at radius 2 is 1.59 bits per heavy atom. The Labute approximate surface area is 331 Å². The van der Waals surface area contributed by atoms with E-state index < -0.39 is 12.1 Å². The van der Waals surface area contributed by atoms with Gasteiger partial charge in [-0.15, -0.1) is 0 Å². The van der Waals surface area contributed by atoms with Crippen LogP contribution in [0.2, 0.25) is 0 Å². The SMILES string of the molecule is COC(CC(=O)C(C)CCN1CCCC1C(CC(=O)NC1CCN(Cc2ccccc2)CC1)SC)CN(C)C(=O)C(NC(=O)C(C(C)C)N(C)C)C(C)C. The second-order valence-electron chi connectivity index (χ2n) is 16.6. The summed E-state index contributed by atoms with van der Waals surface area (Å²) in [6.45, 7) is 14.8. The Morgan fingerprint density at radius 3 is 2.17 bits per heavy atom. The summed E-state index contributed by atoms with van der Waals surface area (Å²) in [4.78, 5) is 61.9. The van der Waals surface area contributed by atoms with Crippen molar-refractivity contribution in [2.24, 2.45) is 17.8 Å². The Kier molecular flexibility index (Phi) is 19.5. The first-order chi connectivity index (χ1) is 25.6. The molecule has 2 saturated heterocycles. The van der Waals surface area contributed by atoms with Crippen molar-refractivity contribution in [1.82, 2.24) is 30.2 Å². The number of amides is 3. The van der Waals surface area contributed by atoms with Gasteiger partial charge in [0.1, 0.15) is 11.8 Å². The Balaban J connectivity index is 1.45. The van der Waals surface area contributed by atoms with E-state index >= 15 is 0 Å². The van der Waals surface area contributed by atoms with Gasteiger partial charge < -0.3 is 20.3 Å². The minimum absolute atomic E-state index is 0.0888. The molecule has 11 nitrogen and oxygen atoms in total. The van der Waals surface area contributed by atoms with E-state index in [2.05, 4.69) is 57.0 Å². The van der Waals surface area contributed by atoms with Crippen LogP contribution < -0.4 is 10.6 Å². The van der Waals surface area contributed by atoms with Crippen molar-refractivity contribution in [2.45, 2.75) is 122 Å². The van der Waals surface area contributed by atoms with Crippen LogP contribution in [0, 0.1) is 17.8 Å². The number of likely N-dealkylation sites (N-methyl/N-ethyl adjacent to an activating group) is 2. The third-order valence-electron chi connectivity index (χ3n) is 11.4. The molecule has 0 aliphatic carbocycles. The summed E-state index contributed by atoms with van der Waals surface area (Å²) in [7, 11) is 7.03. The molecule has 1 aromatic carbocycles. The molecule has 2 aliphatic rings. The van der Waals surface area contributed by atoms with Crippen molar-refractivity contribution in [1.29, 1.82) is 0 Å². The third-order valence-corrected chi connectivity index (χ3v) is 12.5. The van der Waals surface area contributed by atoms with Crippen molar-refractivity contribution in [2.75, 3.05) is 67.2 Å². The molecule has 3 rings (SSSR count). The third kappa shape index (κ3) is 14.2. The lowest BCUT2D eigenvalue weighted by Gasteiger charge is -2.34. The number of thioether (sulfide) groups is 1. The van der Waals surface area contributed by atoms with E-state index in [0.717, 1.165) is 64.8 Å². The van der Waals surface area contributed by atoms with E-state index in [9.17, 15) is 19.2 Å². The molecule has 6 unspecified atom stereocenters. The maximum atomic E-state index is 13.6. The van der Waals surface area contributed by atoms with Crippen LogP contribution in [0.4, 0.5) is 0 Å². The van der Waals surface area contributed by atoms with Gasteiger partial charge in [-0.25, -0.2) is 0 Å². The van der Waals surface area contributed by atoms with E-state index in [1.54, 1.807) is 30.8 Å². The number of benzene rings is 1. The van der Waals surface area contributed by atoms with Crippen LogP contribution in [0.1, 0.15) is 85.1 Å². The molecule has 2 N–H and O–H groups in total. The molecule has 0 saturated carbocycles. The van der Waals surface area contributed by atoms with Gasteiger partial charge in [0.15, 0.2) is 0 Å². The number of rotatable bonds is 22. The van der Waals surface area contributed by atoms with Crippen LogP contribution in [0.25, 0.3) is 0 Å². The lowest BCUT2D eigenvalue weighted by Crippen LogP contribution is -2.56. The number of nitrogens with one attached hydrogen (secondary N) is 2. The number of ether oxygens (including phenoxy) is 1. The molecule has 2 heterocycles. The molecule has 0 radical (unpaired) electrons. The highest BCUT2D eigenvalue weighted by Gasteiger charge is 2.35. The quantitative estimate of drug-likeness (QED) is 0.176. The van der Waals surface area contributed by atoms with Gasteiger partial charge in [0.2, 0.25) is 17.7 Å². The molecule has 54 heavy (non-hydrogen) atoms. The fourth-order valence-corrected chi connectivity index (χ4v) is 9.10. The molecule has 2 aliphatic heterocycles. The second-order valence-corrected chi connectivity index (χ2v) is 17.7. The largest absolute Gasteiger partial charge is 0.379 e. The predicted molar refractivity (Wildman–Crippen MR) is 220 cm³/mol. The standard InChI is InChI=1S/C42H72N6O5S/c1-29(2)39(44-41(51)40(30(3)4)45(6)7)42(52)46(8)28-34(53-9)25-36(49)31(5)18-24-48-21-14-17-35(48)37(54-10)26-38(50)43-33-19-22-47(23-20-33)27-32-15-12-11-13-16-32/h11-13,15-16,29-31,33-35,37,39-40H,14,17-28H2,1-10H3,(H,43,50)(H,44,51). The van der Waals surface area contributed by atoms with Crippen molar-refractivity contribution in [3.63, 3.8) is 0 Å². The minimum atomic E-state index is -0.677. The predicted octanol–water partition coefficient (Wildman–Crippen LogP) is 4.54. The Bertz CT molecular complexity index is 1300. The van der Waals surface area contributed by atoms with Crippen LogP contribution in [-0.4, -0.2) is 146 Å². The van der Waals surface area contributed by atoms with Gasteiger partial charge in [0.25, 0.3) is 0 Å². The molecule has 2 fully saturated rings. The summed E-state index contributed by atoms with van der Waals surface area (Å²) in [5.41, 5.74) is 1.33. The van der Waals surface area contributed by atoms with E-state index in [4.69, 9.17) is 4.74 Å². The molecular formula is C42H72N6O5S. The summed E-state index contributed by atoms with van der Waals surface area (Å²) in [6.07, 6.45) is 7.25. The summed E-state index contributed by atoms with van der Waals surface area (Å²) >= 11 is 1.78. The van der Waals surface area contributed by atoms with E-state index in [0.29, 0.717) is 12.5 Å². The first-order valence-electron chi connectivity index (χ1n) is 20.2. The van der Waals surface area contributed by atoms with Gasteiger partial charge in [0.05, 0.1) is 12.1 Å². The smallest absolute Gasteiger partial charge is 0.245 e. The Morgan fingerprint density at radius 1 is 0.926 bits per heavy atom. The van der Waals surface area contributed by atoms with Crippen LogP contribution in [0.3, 0.4) is 0 Å². The van der Waals surface area contributed by atoms with E-state index in [1.165, 1.54) is 5.56 Å². The Hall–Kier alpha value is -2.51. The number of Topliss-reactive ketones (excluding diaryl/α,β-unsaturated/α-hetero) is 1. The molecule has 0 bridgehead atoms. The number of hydrogen-bond acceptors (Lipinski definition) is 9. The van der Waals surface area contributed by atoms with Gasteiger partial charge >= 0.3 is 0 Å². The van der Waals surface area contributed by atoms with Gasteiger partial charge in [-0.3, -0.25) is 33.9 Å². The molecule has 12 heteroatoms. The van der Waals surface area contributed by atoms with Crippen molar-refractivity contribution >= 4 is 35.3 Å². The molecule has 6 atom stereocenters. The number of carbonyl (C=O) groups is 4. The van der Waals surface area contributed by atoms with Crippen LogP contribution >= 0.6 is 11.8 Å². The maximum Gasteiger partial charge on any atom is 0.245 e. The molecular weight excluding hydrogens is 701 g/mol. The number of piperidine rings is 1. The van der Waals surface area contributed by atoms with E-state index in [-0.39, 0.29) is 71.6 Å². The first kappa shape index (κ1) is 45.9. The summed E-state index contributed by atoms with van der Waals surface area (Å²) < 4.78 is 5.71. The zero-order valence-corrected chi connectivity index (χ0v) is 35.8.